The van der Waals surface area contributed by atoms with Crippen molar-refractivity contribution in [1.29, 1.82) is 0 Å². The Labute approximate surface area is 172 Å². The van der Waals surface area contributed by atoms with Crippen molar-refractivity contribution in [2.45, 2.75) is 33.7 Å². The standard InChI is InChI=1S/C19H24N4O2.2ClH/c1-12-5-6-14(22-18(25)16(20)19(2,3)4)11-15(12)23-17(24)13-7-9-21-10-8-13;;/h5-11,16H,20H2,1-4H3,(H,22,25)(H,23,24);2*1H/t16-;;/m1../s1. The summed E-state index contributed by atoms with van der Waals surface area (Å²) in [6.45, 7) is 7.61. The molecule has 1 atom stereocenters. The monoisotopic (exact) mass is 412 g/mol. The van der Waals surface area contributed by atoms with Crippen molar-refractivity contribution >= 4 is 48.0 Å². The molecule has 0 saturated carbocycles. The van der Waals surface area contributed by atoms with E-state index in [0.29, 0.717) is 16.9 Å². The SMILES string of the molecule is Cc1ccc(NC(=O)[C@@H](N)C(C)(C)C)cc1NC(=O)c1ccncc1.Cl.Cl. The molecule has 148 valence electrons. The normalized spacial score (nSPS) is 11.4. The van der Waals surface area contributed by atoms with E-state index >= 15 is 0 Å². The molecule has 8 heteroatoms. The van der Waals surface area contributed by atoms with E-state index < -0.39 is 6.04 Å². The van der Waals surface area contributed by atoms with Crippen molar-refractivity contribution < 1.29 is 9.59 Å². The van der Waals surface area contributed by atoms with Gasteiger partial charge in [-0.05, 0) is 42.2 Å². The summed E-state index contributed by atoms with van der Waals surface area (Å²) in [5.74, 6) is -0.497. The number of anilines is 2. The highest BCUT2D eigenvalue weighted by molar-refractivity contribution is 6.05. The van der Waals surface area contributed by atoms with Gasteiger partial charge in [0.1, 0.15) is 0 Å². The first-order valence-electron chi connectivity index (χ1n) is 8.07. The number of hydrogen-bond acceptors (Lipinski definition) is 4. The Kier molecular flexibility index (Phi) is 9.44. The molecule has 1 aromatic heterocycles. The minimum Gasteiger partial charge on any atom is -0.325 e. The van der Waals surface area contributed by atoms with Crippen LogP contribution < -0.4 is 16.4 Å². The van der Waals surface area contributed by atoms with Gasteiger partial charge in [-0.3, -0.25) is 14.6 Å². The number of amides is 2. The first-order valence-corrected chi connectivity index (χ1v) is 8.07. The van der Waals surface area contributed by atoms with Gasteiger partial charge in [-0.2, -0.15) is 0 Å². The van der Waals surface area contributed by atoms with Crippen LogP contribution in [0, 0.1) is 12.3 Å². The molecule has 0 aliphatic carbocycles. The molecule has 0 radical (unpaired) electrons. The van der Waals surface area contributed by atoms with Crippen molar-refractivity contribution in [2.75, 3.05) is 10.6 Å². The second-order valence-corrected chi connectivity index (χ2v) is 7.05. The average Bonchev–Trinajstić information content (AvgIpc) is 2.57. The molecule has 4 N–H and O–H groups in total. The highest BCUT2D eigenvalue weighted by Gasteiger charge is 2.27. The first kappa shape index (κ1) is 24.8. The fourth-order valence-corrected chi connectivity index (χ4v) is 2.15. The van der Waals surface area contributed by atoms with Gasteiger partial charge in [0.05, 0.1) is 6.04 Å². The number of carbonyl (C=O) groups is 2. The van der Waals surface area contributed by atoms with E-state index in [1.165, 1.54) is 0 Å². The Bertz CT molecular complexity index is 777. The topological polar surface area (TPSA) is 97.1 Å². The van der Waals surface area contributed by atoms with Crippen molar-refractivity contribution in [2.24, 2.45) is 11.1 Å². The molecule has 1 aromatic carbocycles. The molecule has 0 spiro atoms. The maximum atomic E-state index is 12.3. The fraction of sp³-hybridized carbons (Fsp3) is 0.316. The number of nitrogens with zero attached hydrogens (tertiary/aromatic N) is 1. The van der Waals surface area contributed by atoms with Crippen molar-refractivity contribution in [3.8, 4) is 0 Å². The Morgan fingerprint density at radius 3 is 2.19 bits per heavy atom. The van der Waals surface area contributed by atoms with Crippen molar-refractivity contribution in [3.05, 3.63) is 53.9 Å². The van der Waals surface area contributed by atoms with Crippen LogP contribution in [0.5, 0.6) is 0 Å². The summed E-state index contributed by atoms with van der Waals surface area (Å²) in [5, 5.41) is 5.65. The molecular formula is C19H26Cl2N4O2. The predicted molar refractivity (Wildman–Crippen MR) is 114 cm³/mol. The highest BCUT2D eigenvalue weighted by Crippen LogP contribution is 2.23. The van der Waals surface area contributed by atoms with Gasteiger partial charge in [0.25, 0.3) is 5.91 Å². The molecule has 0 fully saturated rings. The van der Waals surface area contributed by atoms with Crippen LogP contribution in [0.2, 0.25) is 0 Å². The van der Waals surface area contributed by atoms with Gasteiger partial charge in [0.15, 0.2) is 0 Å². The minimum atomic E-state index is -0.635. The number of nitrogens with two attached hydrogens (primary N) is 1. The quantitative estimate of drug-likeness (QED) is 0.710. The lowest BCUT2D eigenvalue weighted by atomic mass is 9.87. The molecule has 0 saturated heterocycles. The van der Waals surface area contributed by atoms with Crippen molar-refractivity contribution in [1.82, 2.24) is 4.98 Å². The van der Waals surface area contributed by atoms with E-state index in [2.05, 4.69) is 15.6 Å². The summed E-state index contributed by atoms with van der Waals surface area (Å²) in [6.07, 6.45) is 3.12. The lowest BCUT2D eigenvalue weighted by Crippen LogP contribution is -2.45. The van der Waals surface area contributed by atoms with Crippen LogP contribution in [0.15, 0.2) is 42.7 Å². The van der Waals surface area contributed by atoms with Crippen LogP contribution in [0.25, 0.3) is 0 Å². The second-order valence-electron chi connectivity index (χ2n) is 7.05. The molecule has 27 heavy (non-hydrogen) atoms. The lowest BCUT2D eigenvalue weighted by molar-refractivity contribution is -0.119. The minimum absolute atomic E-state index is 0. The van der Waals surface area contributed by atoms with Crippen LogP contribution in [0.4, 0.5) is 11.4 Å². The number of aryl methyl sites for hydroxylation is 1. The Morgan fingerprint density at radius 2 is 1.63 bits per heavy atom. The lowest BCUT2D eigenvalue weighted by Gasteiger charge is -2.26. The van der Waals surface area contributed by atoms with Gasteiger partial charge in [-0.25, -0.2) is 0 Å². The summed E-state index contributed by atoms with van der Waals surface area (Å²) >= 11 is 0. The zero-order valence-corrected chi connectivity index (χ0v) is 17.4. The summed E-state index contributed by atoms with van der Waals surface area (Å²) in [6, 6.07) is 7.98. The second kappa shape index (κ2) is 10.3. The largest absolute Gasteiger partial charge is 0.325 e. The molecule has 0 unspecified atom stereocenters. The van der Waals surface area contributed by atoms with Crippen LogP contribution in [-0.2, 0) is 4.79 Å². The highest BCUT2D eigenvalue weighted by atomic mass is 35.5. The summed E-state index contributed by atoms with van der Waals surface area (Å²) < 4.78 is 0. The van der Waals surface area contributed by atoms with Gasteiger partial charge in [0, 0.05) is 29.3 Å². The first-order chi connectivity index (χ1) is 11.7. The number of halogens is 2. The zero-order valence-electron chi connectivity index (χ0n) is 15.8. The molecule has 0 aliphatic heterocycles. The van der Waals surface area contributed by atoms with Gasteiger partial charge < -0.3 is 16.4 Å². The fourth-order valence-electron chi connectivity index (χ4n) is 2.15. The van der Waals surface area contributed by atoms with E-state index in [1.807, 2.05) is 33.8 Å². The van der Waals surface area contributed by atoms with E-state index in [-0.39, 0.29) is 42.0 Å². The van der Waals surface area contributed by atoms with Gasteiger partial charge >= 0.3 is 0 Å². The third kappa shape index (κ3) is 6.82. The number of pyridine rings is 1. The molecule has 2 aromatic rings. The molecule has 2 rings (SSSR count). The maximum absolute atomic E-state index is 12.3. The summed E-state index contributed by atoms with van der Waals surface area (Å²) in [4.78, 5) is 28.5. The molecule has 2 amide bonds. The molecular weight excluding hydrogens is 387 g/mol. The molecule has 6 nitrogen and oxygen atoms in total. The van der Waals surface area contributed by atoms with Crippen LogP contribution in [-0.4, -0.2) is 22.8 Å². The average molecular weight is 413 g/mol. The maximum Gasteiger partial charge on any atom is 0.255 e. The number of hydrogen-bond donors (Lipinski definition) is 3. The Hall–Kier alpha value is -2.15. The number of aromatic nitrogens is 1. The van der Waals surface area contributed by atoms with E-state index in [9.17, 15) is 9.59 Å². The van der Waals surface area contributed by atoms with Crippen LogP contribution >= 0.6 is 24.8 Å². The van der Waals surface area contributed by atoms with E-state index in [4.69, 9.17) is 5.73 Å². The molecule has 1 heterocycles. The van der Waals surface area contributed by atoms with Gasteiger partial charge in [0.2, 0.25) is 5.91 Å². The zero-order chi connectivity index (χ0) is 18.6. The Morgan fingerprint density at radius 1 is 1.04 bits per heavy atom. The third-order valence-corrected chi connectivity index (χ3v) is 3.91. The van der Waals surface area contributed by atoms with Gasteiger partial charge in [-0.1, -0.05) is 26.8 Å². The number of carbonyl (C=O) groups excluding carboxylic acids is 2. The van der Waals surface area contributed by atoms with Crippen LogP contribution in [0.3, 0.4) is 0 Å². The molecule has 0 bridgehead atoms. The number of nitrogens with one attached hydrogen (secondary N) is 2. The smallest absolute Gasteiger partial charge is 0.255 e. The number of benzene rings is 1. The molecule has 0 aliphatic rings. The Balaban J connectivity index is 0.00000338. The summed E-state index contributed by atoms with van der Waals surface area (Å²) in [5.41, 5.74) is 8.25. The number of rotatable bonds is 4. The van der Waals surface area contributed by atoms with Gasteiger partial charge in [-0.15, -0.1) is 24.8 Å². The van der Waals surface area contributed by atoms with E-state index in [0.717, 1.165) is 5.56 Å². The van der Waals surface area contributed by atoms with E-state index in [1.54, 1.807) is 36.7 Å². The van der Waals surface area contributed by atoms with Crippen molar-refractivity contribution in [3.63, 3.8) is 0 Å². The summed E-state index contributed by atoms with van der Waals surface area (Å²) in [7, 11) is 0. The predicted octanol–water partition coefficient (Wildman–Crippen LogP) is 3.80. The third-order valence-electron chi connectivity index (χ3n) is 3.91. The van der Waals surface area contributed by atoms with Crippen LogP contribution in [0.1, 0.15) is 36.7 Å².